The fourth-order valence-corrected chi connectivity index (χ4v) is 1.82. The summed E-state index contributed by atoms with van der Waals surface area (Å²) in [5, 5.41) is 8.66. The largest absolute Gasteiger partial charge is 0.198 e. The molecule has 0 heterocycles. The summed E-state index contributed by atoms with van der Waals surface area (Å²) in [4.78, 5) is 0. The maximum absolute atomic E-state index is 8.66. The van der Waals surface area contributed by atoms with Gasteiger partial charge in [0, 0.05) is 12.3 Å². The van der Waals surface area contributed by atoms with Gasteiger partial charge in [0.05, 0.1) is 6.07 Å². The Hall–Kier alpha value is -1.55. The Morgan fingerprint density at radius 2 is 2.23 bits per heavy atom. The van der Waals surface area contributed by atoms with Crippen LogP contribution in [0, 0.1) is 11.3 Å². The van der Waals surface area contributed by atoms with E-state index in [1.165, 1.54) is 11.1 Å². The molecule has 1 heteroatoms. The normalized spacial score (nSPS) is 19.2. The van der Waals surface area contributed by atoms with Crippen molar-refractivity contribution in [3.63, 3.8) is 0 Å². The van der Waals surface area contributed by atoms with Crippen molar-refractivity contribution >= 4 is 0 Å². The van der Waals surface area contributed by atoms with Crippen molar-refractivity contribution in [1.82, 2.24) is 0 Å². The van der Waals surface area contributed by atoms with E-state index < -0.39 is 0 Å². The van der Waals surface area contributed by atoms with Crippen molar-refractivity contribution in [1.29, 1.82) is 5.26 Å². The molecule has 0 fully saturated rings. The first-order chi connectivity index (χ1) is 6.42. The van der Waals surface area contributed by atoms with E-state index in [0.717, 1.165) is 6.42 Å². The Morgan fingerprint density at radius 3 is 3.08 bits per heavy atom. The topological polar surface area (TPSA) is 23.8 Å². The lowest BCUT2D eigenvalue weighted by atomic mass is 9.86. The molecule has 0 N–H and O–H groups in total. The van der Waals surface area contributed by atoms with Gasteiger partial charge < -0.3 is 0 Å². The lowest BCUT2D eigenvalue weighted by Gasteiger charge is -2.17. The number of fused-ring (bicyclic) bond motifs is 1. The van der Waals surface area contributed by atoms with Crippen LogP contribution in [0.25, 0.3) is 0 Å². The fourth-order valence-electron chi connectivity index (χ4n) is 1.82. The molecule has 0 saturated heterocycles. The highest BCUT2D eigenvalue weighted by atomic mass is 14.3. The van der Waals surface area contributed by atoms with Gasteiger partial charge in [-0.1, -0.05) is 36.4 Å². The van der Waals surface area contributed by atoms with E-state index in [1.54, 1.807) is 0 Å². The molecule has 64 valence electrons. The Kier molecular flexibility index (Phi) is 2.14. The highest BCUT2D eigenvalue weighted by molar-refractivity contribution is 5.38. The molecule has 1 aromatic rings. The third-order valence-corrected chi connectivity index (χ3v) is 2.47. The summed E-state index contributed by atoms with van der Waals surface area (Å²) in [6, 6.07) is 10.6. The predicted molar refractivity (Wildman–Crippen MR) is 52.3 cm³/mol. The Balaban J connectivity index is 2.37. The van der Waals surface area contributed by atoms with Gasteiger partial charge in [0.1, 0.15) is 0 Å². The second kappa shape index (κ2) is 3.45. The zero-order valence-electron chi connectivity index (χ0n) is 7.40. The van der Waals surface area contributed by atoms with Crippen molar-refractivity contribution in [2.24, 2.45) is 0 Å². The summed E-state index contributed by atoms with van der Waals surface area (Å²) in [7, 11) is 0. The van der Waals surface area contributed by atoms with Crippen molar-refractivity contribution in [2.75, 3.05) is 0 Å². The van der Waals surface area contributed by atoms with Crippen LogP contribution in [0.2, 0.25) is 0 Å². The zero-order valence-corrected chi connectivity index (χ0v) is 7.40. The summed E-state index contributed by atoms with van der Waals surface area (Å²) < 4.78 is 0. The van der Waals surface area contributed by atoms with Crippen molar-refractivity contribution < 1.29 is 0 Å². The van der Waals surface area contributed by atoms with Gasteiger partial charge in [-0.15, -0.1) is 0 Å². The van der Waals surface area contributed by atoms with E-state index in [4.69, 9.17) is 5.26 Å². The number of allylic oxidation sites excluding steroid dienone is 2. The molecule has 0 aliphatic heterocycles. The standard InChI is InChI=1S/C12H11N/c13-9-8-11-6-3-5-10-4-1-2-7-12(10)11/h1-4,6-7,11H,5,8H2. The predicted octanol–water partition coefficient (Wildman–Crippen LogP) is 2.80. The summed E-state index contributed by atoms with van der Waals surface area (Å²) in [6.07, 6.45) is 5.90. The van der Waals surface area contributed by atoms with Crippen molar-refractivity contribution in [3.05, 3.63) is 47.5 Å². The van der Waals surface area contributed by atoms with Gasteiger partial charge in [0.15, 0.2) is 0 Å². The first kappa shape index (κ1) is 8.07. The minimum absolute atomic E-state index is 0.315. The molecule has 1 nitrogen and oxygen atoms in total. The Morgan fingerprint density at radius 1 is 1.38 bits per heavy atom. The zero-order chi connectivity index (χ0) is 9.10. The SMILES string of the molecule is N#CCC1C=CCc2ccccc21. The van der Waals surface area contributed by atoms with E-state index in [0.29, 0.717) is 12.3 Å². The van der Waals surface area contributed by atoms with Crippen molar-refractivity contribution in [3.8, 4) is 6.07 Å². The molecule has 1 unspecified atom stereocenters. The number of nitrogens with zero attached hydrogens (tertiary/aromatic N) is 1. The molecule has 1 aliphatic rings. The second-order valence-electron chi connectivity index (χ2n) is 3.30. The van der Waals surface area contributed by atoms with Crippen LogP contribution < -0.4 is 0 Å². The van der Waals surface area contributed by atoms with Crippen LogP contribution in [0.5, 0.6) is 0 Å². The number of nitriles is 1. The third-order valence-electron chi connectivity index (χ3n) is 2.47. The summed E-state index contributed by atoms with van der Waals surface area (Å²) in [5.41, 5.74) is 2.69. The van der Waals surface area contributed by atoms with Gasteiger partial charge in [-0.2, -0.15) is 5.26 Å². The average Bonchev–Trinajstić information content (AvgIpc) is 2.19. The van der Waals surface area contributed by atoms with Crippen molar-refractivity contribution in [2.45, 2.75) is 18.8 Å². The van der Waals surface area contributed by atoms with E-state index in [2.05, 4.69) is 36.4 Å². The fraction of sp³-hybridized carbons (Fsp3) is 0.250. The molecule has 1 aromatic carbocycles. The monoisotopic (exact) mass is 169 g/mol. The van der Waals surface area contributed by atoms with Crippen LogP contribution in [0.4, 0.5) is 0 Å². The molecular weight excluding hydrogens is 158 g/mol. The minimum atomic E-state index is 0.315. The number of benzene rings is 1. The summed E-state index contributed by atoms with van der Waals surface area (Å²) in [5.74, 6) is 0.315. The number of hydrogen-bond donors (Lipinski definition) is 0. The first-order valence-corrected chi connectivity index (χ1v) is 4.53. The van der Waals surface area contributed by atoms with E-state index in [1.807, 2.05) is 6.07 Å². The molecule has 13 heavy (non-hydrogen) atoms. The number of hydrogen-bond acceptors (Lipinski definition) is 1. The number of rotatable bonds is 1. The summed E-state index contributed by atoms with van der Waals surface area (Å²) in [6.45, 7) is 0. The first-order valence-electron chi connectivity index (χ1n) is 4.53. The molecule has 0 spiro atoms. The van der Waals surface area contributed by atoms with Gasteiger partial charge in [0.25, 0.3) is 0 Å². The van der Waals surface area contributed by atoms with Crippen LogP contribution in [-0.4, -0.2) is 0 Å². The third kappa shape index (κ3) is 1.48. The van der Waals surface area contributed by atoms with E-state index in [-0.39, 0.29) is 0 Å². The van der Waals surface area contributed by atoms with Crippen LogP contribution in [0.15, 0.2) is 36.4 Å². The Labute approximate surface area is 78.3 Å². The molecular formula is C12H11N. The highest BCUT2D eigenvalue weighted by Gasteiger charge is 2.14. The quantitative estimate of drug-likeness (QED) is 0.593. The van der Waals surface area contributed by atoms with Gasteiger partial charge in [-0.05, 0) is 17.5 Å². The van der Waals surface area contributed by atoms with Gasteiger partial charge in [-0.3, -0.25) is 0 Å². The Bertz CT molecular complexity index is 371. The molecule has 0 amide bonds. The molecule has 0 saturated carbocycles. The summed E-state index contributed by atoms with van der Waals surface area (Å²) >= 11 is 0. The minimum Gasteiger partial charge on any atom is -0.198 e. The van der Waals surface area contributed by atoms with Gasteiger partial charge in [0.2, 0.25) is 0 Å². The van der Waals surface area contributed by atoms with Crippen LogP contribution in [0.1, 0.15) is 23.5 Å². The van der Waals surface area contributed by atoms with Gasteiger partial charge in [-0.25, -0.2) is 0 Å². The molecule has 0 radical (unpaired) electrons. The molecule has 0 aromatic heterocycles. The maximum atomic E-state index is 8.66. The lowest BCUT2D eigenvalue weighted by molar-refractivity contribution is 0.835. The highest BCUT2D eigenvalue weighted by Crippen LogP contribution is 2.28. The van der Waals surface area contributed by atoms with E-state index in [9.17, 15) is 0 Å². The van der Waals surface area contributed by atoms with E-state index >= 15 is 0 Å². The molecule has 0 bridgehead atoms. The molecule has 1 atom stereocenters. The smallest absolute Gasteiger partial charge is 0.0631 e. The van der Waals surface area contributed by atoms with Gasteiger partial charge >= 0.3 is 0 Å². The van der Waals surface area contributed by atoms with Crippen LogP contribution in [-0.2, 0) is 6.42 Å². The second-order valence-corrected chi connectivity index (χ2v) is 3.30. The molecule has 1 aliphatic carbocycles. The molecule has 2 rings (SSSR count). The van der Waals surface area contributed by atoms with Crippen LogP contribution in [0.3, 0.4) is 0 Å². The maximum Gasteiger partial charge on any atom is 0.0631 e. The average molecular weight is 169 g/mol. The lowest BCUT2D eigenvalue weighted by Crippen LogP contribution is -2.03. The van der Waals surface area contributed by atoms with Crippen LogP contribution >= 0.6 is 0 Å².